The summed E-state index contributed by atoms with van der Waals surface area (Å²) in [4.78, 5) is 0. The van der Waals surface area contributed by atoms with Gasteiger partial charge in [0.1, 0.15) is 0 Å². The molecule has 0 rings (SSSR count). The lowest BCUT2D eigenvalue weighted by Crippen LogP contribution is -2.52. The van der Waals surface area contributed by atoms with Crippen molar-refractivity contribution in [1.82, 2.24) is 0 Å². The van der Waals surface area contributed by atoms with Crippen molar-refractivity contribution in [3.63, 3.8) is 0 Å². The third-order valence-electron chi connectivity index (χ3n) is 6.82. The fraction of sp³-hybridized carbons (Fsp3) is 1.00. The first kappa shape index (κ1) is 52.5. The Labute approximate surface area is 312 Å². The van der Waals surface area contributed by atoms with Crippen LogP contribution in [0.1, 0.15) is 122 Å². The van der Waals surface area contributed by atoms with E-state index in [0.717, 1.165) is 38.5 Å². The summed E-state index contributed by atoms with van der Waals surface area (Å²) in [5.41, 5.74) is 0. The molecule has 0 aromatic rings. The molecule has 12 nitrogen and oxygen atoms in total. The van der Waals surface area contributed by atoms with Gasteiger partial charge in [0, 0.05) is 103 Å². The van der Waals surface area contributed by atoms with E-state index in [1.165, 1.54) is 0 Å². The molecular weight excluding hydrogens is 713 g/mol. The van der Waals surface area contributed by atoms with Crippen molar-refractivity contribution in [1.29, 1.82) is 0 Å². The van der Waals surface area contributed by atoms with Gasteiger partial charge in [-0.25, -0.2) is 0 Å². The van der Waals surface area contributed by atoms with Gasteiger partial charge in [0.2, 0.25) is 0 Å². The largest absolute Gasteiger partial charge is 0.500 e. The zero-order chi connectivity index (χ0) is 38.0. The van der Waals surface area contributed by atoms with Gasteiger partial charge >= 0.3 is 35.2 Å². The van der Waals surface area contributed by atoms with Crippen LogP contribution in [0, 0.1) is 0 Å². The summed E-state index contributed by atoms with van der Waals surface area (Å²) in [6, 6.07) is 2.65. The van der Waals surface area contributed by atoms with Crippen LogP contribution >= 0.6 is 0 Å². The smallest absolute Gasteiger partial charge is 0.374 e. The van der Waals surface area contributed by atoms with E-state index < -0.39 is 35.2 Å². The first-order valence-corrected chi connectivity index (χ1v) is 27.5. The highest BCUT2D eigenvalue weighted by molar-refractivity contribution is 6.67. The molecule has 0 saturated heterocycles. The molecule has 0 aromatic carbocycles. The molecule has 50 heavy (non-hydrogen) atoms. The molecule has 304 valence electrons. The minimum Gasteiger partial charge on any atom is -0.374 e. The van der Waals surface area contributed by atoms with E-state index >= 15 is 0 Å². The Bertz CT molecular complexity index is 594. The van der Waals surface area contributed by atoms with Gasteiger partial charge < -0.3 is 53.1 Å². The van der Waals surface area contributed by atoms with Gasteiger partial charge in [0.15, 0.2) is 0 Å². The summed E-state index contributed by atoms with van der Waals surface area (Å²) in [5.74, 6) is 0. The third kappa shape index (κ3) is 23.2. The lowest BCUT2D eigenvalue weighted by molar-refractivity contribution is 0.0469. The molecule has 0 amide bonds. The van der Waals surface area contributed by atoms with Crippen LogP contribution in [-0.4, -0.2) is 115 Å². The quantitative estimate of drug-likeness (QED) is 0.0568. The molecule has 0 bridgehead atoms. The molecule has 0 atom stereocenters. The van der Waals surface area contributed by atoms with Crippen LogP contribution in [-0.2, 0) is 53.1 Å². The topological polar surface area (TPSA) is 111 Å². The highest BCUT2D eigenvalue weighted by Crippen LogP contribution is 2.28. The molecule has 0 fully saturated rings. The number of hydrogen-bond donors (Lipinski definition) is 0. The lowest BCUT2D eigenvalue weighted by atomic mass is 10.5. The van der Waals surface area contributed by atoms with Gasteiger partial charge in [-0.15, -0.1) is 0 Å². The van der Waals surface area contributed by atoms with Crippen LogP contribution in [0.3, 0.4) is 0 Å². The first-order valence-electron chi connectivity index (χ1n) is 19.8. The van der Waals surface area contributed by atoms with Crippen molar-refractivity contribution in [3.05, 3.63) is 0 Å². The van der Waals surface area contributed by atoms with Crippen molar-refractivity contribution < 1.29 is 53.1 Å². The van der Waals surface area contributed by atoms with Crippen molar-refractivity contribution in [2.24, 2.45) is 0 Å². The second kappa shape index (κ2) is 33.9. The molecule has 0 aromatic heterocycles. The highest BCUT2D eigenvalue weighted by atomic mass is 28.4. The molecule has 0 saturated carbocycles. The molecule has 16 heteroatoms. The van der Waals surface area contributed by atoms with Gasteiger partial charge in [-0.3, -0.25) is 0 Å². The second-order valence-corrected chi connectivity index (χ2v) is 22.3. The lowest BCUT2D eigenvalue weighted by Gasteiger charge is -2.34. The van der Waals surface area contributed by atoms with Crippen LogP contribution in [0.25, 0.3) is 0 Å². The summed E-state index contributed by atoms with van der Waals surface area (Å²) in [7, 11) is -11.0. The Morgan fingerprint density at radius 1 is 0.220 bits per heavy atom. The Hall–Kier alpha value is 0.388. The van der Waals surface area contributed by atoms with Gasteiger partial charge in [-0.2, -0.15) is 0 Å². The summed E-state index contributed by atoms with van der Waals surface area (Å²) in [5, 5.41) is 0. The van der Waals surface area contributed by atoms with Gasteiger partial charge in [-0.05, 0) is 80.1 Å². The monoisotopic (exact) mass is 792 g/mol. The predicted molar refractivity (Wildman–Crippen MR) is 209 cm³/mol. The van der Waals surface area contributed by atoms with Crippen LogP contribution in [0.2, 0.25) is 24.2 Å². The van der Waals surface area contributed by atoms with Crippen molar-refractivity contribution in [2.75, 3.05) is 79.3 Å². The normalized spacial score (nSPS) is 12.7. The Morgan fingerprint density at radius 2 is 0.360 bits per heavy atom. The number of rotatable bonds is 36. The molecule has 0 N–H and O–H groups in total. The summed E-state index contributed by atoms with van der Waals surface area (Å²) >= 11 is 0. The maximum absolute atomic E-state index is 6.24. The van der Waals surface area contributed by atoms with Gasteiger partial charge in [-0.1, -0.05) is 41.5 Å². The van der Waals surface area contributed by atoms with E-state index in [4.69, 9.17) is 53.1 Å². The first-order chi connectivity index (χ1) is 24.1. The van der Waals surface area contributed by atoms with Crippen LogP contribution in [0.4, 0.5) is 0 Å². The summed E-state index contributed by atoms with van der Waals surface area (Å²) in [6.07, 6.45) is 5.63. The minimum atomic E-state index is -2.79. The van der Waals surface area contributed by atoms with E-state index in [-0.39, 0.29) is 0 Å². The van der Waals surface area contributed by atoms with Gasteiger partial charge in [0.05, 0.1) is 0 Å². The molecule has 0 aliphatic heterocycles. The Balaban J connectivity index is 0. The fourth-order valence-corrected chi connectivity index (χ4v) is 18.2. The summed E-state index contributed by atoms with van der Waals surface area (Å²) in [6.45, 7) is 31.7. The SMILES string of the molecule is CCCO[Si](CC[Si](OCCC)(OCCC)OCCC)(OCCC)OCCC.CCO[Si](CC[Si](OCC)(OCC)OCC)(OCC)OCC. The number of hydrogen-bond acceptors (Lipinski definition) is 12. The van der Waals surface area contributed by atoms with Crippen LogP contribution in [0.5, 0.6) is 0 Å². The minimum absolute atomic E-state index is 0.568. The van der Waals surface area contributed by atoms with E-state index in [9.17, 15) is 0 Å². The van der Waals surface area contributed by atoms with Crippen molar-refractivity contribution in [3.8, 4) is 0 Å². The predicted octanol–water partition coefficient (Wildman–Crippen LogP) is 8.51. The second-order valence-electron chi connectivity index (χ2n) is 11.4. The average Bonchev–Trinajstić information content (AvgIpc) is 3.11. The standard InChI is InChI=1S/C20H46O6Si2.C14H34O6Si2/c1-7-13-21-27(22-14-8-2,23-15-9-3)19-20-28(24-16-10-4,25-17-11-5)26-18-12-6;1-7-15-21(16-8-2,17-9-3)13-14-22(18-10-4,19-11-5)20-12-6/h7-20H2,1-6H3;7-14H2,1-6H3. The maximum Gasteiger partial charge on any atom is 0.500 e. The zero-order valence-corrected chi connectivity index (χ0v) is 38.5. The van der Waals surface area contributed by atoms with Crippen molar-refractivity contribution in [2.45, 2.75) is 146 Å². The molecule has 0 aliphatic rings. The Kier molecular flexibility index (Phi) is 35.6. The van der Waals surface area contributed by atoms with E-state index in [0.29, 0.717) is 103 Å². The summed E-state index contributed by atoms with van der Waals surface area (Å²) < 4.78 is 72.8. The van der Waals surface area contributed by atoms with E-state index in [1.807, 2.05) is 41.5 Å². The van der Waals surface area contributed by atoms with Crippen molar-refractivity contribution >= 4 is 35.2 Å². The molecular formula is C34H80O12Si4. The van der Waals surface area contributed by atoms with Crippen LogP contribution < -0.4 is 0 Å². The van der Waals surface area contributed by atoms with E-state index in [1.54, 1.807) is 0 Å². The Morgan fingerprint density at radius 3 is 0.480 bits per heavy atom. The zero-order valence-electron chi connectivity index (χ0n) is 34.5. The van der Waals surface area contributed by atoms with Crippen LogP contribution in [0.15, 0.2) is 0 Å². The van der Waals surface area contributed by atoms with E-state index in [2.05, 4.69) is 41.5 Å². The van der Waals surface area contributed by atoms with Gasteiger partial charge in [0.25, 0.3) is 0 Å². The molecule has 0 radical (unpaired) electrons. The molecule has 0 aliphatic carbocycles. The fourth-order valence-electron chi connectivity index (χ4n) is 4.84. The molecule has 0 spiro atoms. The average molecular weight is 793 g/mol. The molecule has 0 heterocycles. The third-order valence-corrected chi connectivity index (χ3v) is 19.5. The molecule has 0 unspecified atom stereocenters. The highest BCUT2D eigenvalue weighted by Gasteiger charge is 2.50. The maximum atomic E-state index is 6.24.